The summed E-state index contributed by atoms with van der Waals surface area (Å²) >= 11 is 0. The molecule has 0 spiro atoms. The van der Waals surface area contributed by atoms with Gasteiger partial charge in [0, 0.05) is 17.7 Å². The van der Waals surface area contributed by atoms with E-state index in [2.05, 4.69) is 5.32 Å². The molecule has 0 saturated heterocycles. The first-order valence-electron chi connectivity index (χ1n) is 9.51. The van der Waals surface area contributed by atoms with Crippen LogP contribution in [-0.2, 0) is 20.9 Å². The normalized spacial score (nSPS) is 13.4. The van der Waals surface area contributed by atoms with Crippen molar-refractivity contribution in [1.29, 1.82) is 0 Å². The van der Waals surface area contributed by atoms with Crippen LogP contribution in [0.15, 0.2) is 78.9 Å². The van der Waals surface area contributed by atoms with Crippen LogP contribution in [0.5, 0.6) is 11.5 Å². The molecule has 3 aromatic carbocycles. The van der Waals surface area contributed by atoms with E-state index in [1.165, 1.54) is 0 Å². The van der Waals surface area contributed by atoms with E-state index in [0.29, 0.717) is 18.0 Å². The van der Waals surface area contributed by atoms with Crippen molar-refractivity contribution in [2.24, 2.45) is 0 Å². The largest absolute Gasteiger partial charge is 0.457 e. The molecule has 3 aromatic rings. The number of hydrogen-bond acceptors (Lipinski definition) is 4. The molecular weight excluding hydrogens is 366 g/mol. The highest BCUT2D eigenvalue weighted by molar-refractivity contribution is 5.89. The fourth-order valence-electron chi connectivity index (χ4n) is 3.39. The van der Waals surface area contributed by atoms with E-state index >= 15 is 0 Å². The van der Waals surface area contributed by atoms with E-state index in [9.17, 15) is 9.59 Å². The third-order valence-electron chi connectivity index (χ3n) is 4.89. The quantitative estimate of drug-likeness (QED) is 0.668. The van der Waals surface area contributed by atoms with Gasteiger partial charge >= 0.3 is 5.97 Å². The standard InChI is InChI=1S/C24H21NO4/c1-16(23(26)25-15-17-9-3-2-4-10-17)28-24(27)22-18-11-5-7-13-20(18)29-21-14-8-6-12-19(21)22/h2-14,16,22H,15H2,1H3,(H,25,26)/t16-/m0/s1. The Morgan fingerprint density at radius 1 is 0.897 bits per heavy atom. The van der Waals surface area contributed by atoms with Crippen molar-refractivity contribution in [3.05, 3.63) is 95.6 Å². The molecule has 29 heavy (non-hydrogen) atoms. The van der Waals surface area contributed by atoms with E-state index in [4.69, 9.17) is 9.47 Å². The maximum atomic E-state index is 13.1. The summed E-state index contributed by atoms with van der Waals surface area (Å²) in [4.78, 5) is 25.5. The minimum atomic E-state index is -0.909. The second-order valence-corrected chi connectivity index (χ2v) is 6.89. The molecule has 0 fully saturated rings. The summed E-state index contributed by atoms with van der Waals surface area (Å²) in [5, 5.41) is 2.80. The number of hydrogen-bond donors (Lipinski definition) is 1. The lowest BCUT2D eigenvalue weighted by atomic mass is 9.88. The van der Waals surface area contributed by atoms with Gasteiger partial charge in [-0.05, 0) is 24.6 Å². The molecule has 1 N–H and O–H groups in total. The molecule has 0 aromatic heterocycles. The Kier molecular flexibility index (Phi) is 5.29. The number of rotatable bonds is 5. The van der Waals surface area contributed by atoms with Gasteiger partial charge in [-0.1, -0.05) is 66.7 Å². The van der Waals surface area contributed by atoms with E-state index in [0.717, 1.165) is 16.7 Å². The highest BCUT2D eigenvalue weighted by Crippen LogP contribution is 2.44. The first-order chi connectivity index (χ1) is 14.1. The Morgan fingerprint density at radius 2 is 1.45 bits per heavy atom. The molecule has 5 nitrogen and oxygen atoms in total. The Balaban J connectivity index is 1.49. The van der Waals surface area contributed by atoms with Crippen LogP contribution in [0.1, 0.15) is 29.5 Å². The van der Waals surface area contributed by atoms with Crippen LogP contribution >= 0.6 is 0 Å². The second kappa shape index (κ2) is 8.19. The Labute approximate surface area is 169 Å². The van der Waals surface area contributed by atoms with Crippen molar-refractivity contribution in [2.75, 3.05) is 0 Å². The van der Waals surface area contributed by atoms with Gasteiger partial charge in [0.1, 0.15) is 17.4 Å². The third-order valence-corrected chi connectivity index (χ3v) is 4.89. The van der Waals surface area contributed by atoms with Crippen LogP contribution in [0.3, 0.4) is 0 Å². The van der Waals surface area contributed by atoms with E-state index in [1.54, 1.807) is 6.92 Å². The molecule has 0 unspecified atom stereocenters. The molecule has 4 rings (SSSR count). The summed E-state index contributed by atoms with van der Waals surface area (Å²) in [5.41, 5.74) is 2.44. The van der Waals surface area contributed by atoms with Gasteiger partial charge in [-0.2, -0.15) is 0 Å². The van der Waals surface area contributed by atoms with Gasteiger partial charge in [-0.25, -0.2) is 0 Å². The Morgan fingerprint density at radius 3 is 2.07 bits per heavy atom. The minimum Gasteiger partial charge on any atom is -0.457 e. The third kappa shape index (κ3) is 3.99. The summed E-state index contributed by atoms with van der Waals surface area (Å²) in [6.45, 7) is 1.96. The predicted molar refractivity (Wildman–Crippen MR) is 109 cm³/mol. The lowest BCUT2D eigenvalue weighted by Crippen LogP contribution is -2.36. The number of carbonyl (C=O) groups excluding carboxylic acids is 2. The first-order valence-corrected chi connectivity index (χ1v) is 9.51. The summed E-state index contributed by atoms with van der Waals surface area (Å²) < 4.78 is 11.5. The smallest absolute Gasteiger partial charge is 0.318 e. The summed E-state index contributed by atoms with van der Waals surface area (Å²) in [6, 6.07) is 24.3. The van der Waals surface area contributed by atoms with Crippen LogP contribution in [-0.4, -0.2) is 18.0 Å². The van der Waals surface area contributed by atoms with E-state index in [-0.39, 0.29) is 5.91 Å². The van der Waals surface area contributed by atoms with Gasteiger partial charge in [-0.15, -0.1) is 0 Å². The van der Waals surface area contributed by atoms with Gasteiger partial charge < -0.3 is 14.8 Å². The van der Waals surface area contributed by atoms with Gasteiger partial charge in [0.25, 0.3) is 5.91 Å². The van der Waals surface area contributed by atoms with Gasteiger partial charge in [0.05, 0.1) is 0 Å². The molecule has 0 saturated carbocycles. The van der Waals surface area contributed by atoms with E-state index in [1.807, 2.05) is 78.9 Å². The number of ether oxygens (including phenoxy) is 2. The molecule has 1 amide bonds. The monoisotopic (exact) mass is 387 g/mol. The van der Waals surface area contributed by atoms with Crippen molar-refractivity contribution >= 4 is 11.9 Å². The topological polar surface area (TPSA) is 64.6 Å². The molecule has 5 heteroatoms. The van der Waals surface area contributed by atoms with Crippen LogP contribution in [0.4, 0.5) is 0 Å². The van der Waals surface area contributed by atoms with Crippen LogP contribution in [0.2, 0.25) is 0 Å². The van der Waals surface area contributed by atoms with Gasteiger partial charge in [-0.3, -0.25) is 9.59 Å². The minimum absolute atomic E-state index is 0.337. The average Bonchev–Trinajstić information content (AvgIpc) is 2.76. The number of esters is 1. The maximum Gasteiger partial charge on any atom is 0.318 e. The fourth-order valence-corrected chi connectivity index (χ4v) is 3.39. The molecule has 146 valence electrons. The Bertz CT molecular complexity index is 986. The maximum absolute atomic E-state index is 13.1. The molecule has 1 atom stereocenters. The molecule has 1 aliphatic heterocycles. The van der Waals surface area contributed by atoms with Crippen molar-refractivity contribution < 1.29 is 19.1 Å². The van der Waals surface area contributed by atoms with E-state index < -0.39 is 18.0 Å². The fraction of sp³-hybridized carbons (Fsp3) is 0.167. The van der Waals surface area contributed by atoms with Crippen molar-refractivity contribution in [3.63, 3.8) is 0 Å². The van der Waals surface area contributed by atoms with Crippen molar-refractivity contribution in [1.82, 2.24) is 5.32 Å². The average molecular weight is 387 g/mol. The lowest BCUT2D eigenvalue weighted by Gasteiger charge is -2.27. The molecule has 0 radical (unpaired) electrons. The second-order valence-electron chi connectivity index (χ2n) is 6.89. The summed E-state index contributed by atoms with van der Waals surface area (Å²) in [5.74, 6) is -0.212. The number of amides is 1. The van der Waals surface area contributed by atoms with Crippen molar-refractivity contribution in [3.8, 4) is 11.5 Å². The summed E-state index contributed by atoms with van der Waals surface area (Å²) in [6.07, 6.45) is -0.909. The lowest BCUT2D eigenvalue weighted by molar-refractivity contribution is -0.155. The number of benzene rings is 3. The highest BCUT2D eigenvalue weighted by Gasteiger charge is 2.35. The number of carbonyl (C=O) groups is 2. The molecule has 1 heterocycles. The zero-order chi connectivity index (χ0) is 20.2. The zero-order valence-corrected chi connectivity index (χ0v) is 16.0. The number of fused-ring (bicyclic) bond motifs is 2. The van der Waals surface area contributed by atoms with Gasteiger partial charge in [0.2, 0.25) is 0 Å². The van der Waals surface area contributed by atoms with Crippen molar-refractivity contribution in [2.45, 2.75) is 25.5 Å². The van der Waals surface area contributed by atoms with Crippen LogP contribution in [0, 0.1) is 0 Å². The molecule has 0 bridgehead atoms. The zero-order valence-electron chi connectivity index (χ0n) is 16.0. The SMILES string of the molecule is C[C@H](OC(=O)C1c2ccccc2Oc2ccccc21)C(=O)NCc1ccccc1. The first kappa shape index (κ1) is 18.7. The molecular formula is C24H21NO4. The number of para-hydroxylation sites is 2. The highest BCUT2D eigenvalue weighted by atomic mass is 16.5. The number of nitrogens with one attached hydrogen (secondary N) is 1. The van der Waals surface area contributed by atoms with Crippen LogP contribution in [0.25, 0.3) is 0 Å². The molecule has 1 aliphatic rings. The predicted octanol–water partition coefficient (Wildman–Crippen LogP) is 4.17. The van der Waals surface area contributed by atoms with Gasteiger partial charge in [0.15, 0.2) is 6.10 Å². The molecule has 0 aliphatic carbocycles. The van der Waals surface area contributed by atoms with Crippen LogP contribution < -0.4 is 10.1 Å². The Hall–Kier alpha value is -3.60. The summed E-state index contributed by atoms with van der Waals surface area (Å²) in [7, 11) is 0.